The normalized spacial score (nSPS) is 14.9. The SMILES string of the molecule is CCOc1ccc(NC(=O)N(Cc2cccs2)C2CCOCC2)cc1. The first-order valence-electron chi connectivity index (χ1n) is 8.67. The van der Waals surface area contributed by atoms with Crippen LogP contribution in [0.25, 0.3) is 0 Å². The minimum atomic E-state index is -0.0653. The van der Waals surface area contributed by atoms with Crippen LogP contribution >= 0.6 is 11.3 Å². The van der Waals surface area contributed by atoms with Gasteiger partial charge in [-0.15, -0.1) is 11.3 Å². The number of ether oxygens (including phenoxy) is 2. The summed E-state index contributed by atoms with van der Waals surface area (Å²) in [4.78, 5) is 16.0. The largest absolute Gasteiger partial charge is 0.494 e. The van der Waals surface area contributed by atoms with E-state index in [-0.39, 0.29) is 12.1 Å². The molecule has 0 spiro atoms. The number of benzene rings is 1. The Labute approximate surface area is 152 Å². The Bertz CT molecular complexity index is 652. The smallest absolute Gasteiger partial charge is 0.322 e. The van der Waals surface area contributed by atoms with Gasteiger partial charge >= 0.3 is 6.03 Å². The van der Waals surface area contributed by atoms with Crippen molar-refractivity contribution >= 4 is 23.1 Å². The van der Waals surface area contributed by atoms with E-state index in [2.05, 4.69) is 11.4 Å². The standard InChI is InChI=1S/C19H24N2O3S/c1-2-24-17-7-5-15(6-8-17)20-19(22)21(14-18-4-3-13-25-18)16-9-11-23-12-10-16/h3-8,13,16H,2,9-12,14H2,1H3,(H,20,22). The number of hydrogen-bond donors (Lipinski definition) is 1. The highest BCUT2D eigenvalue weighted by Crippen LogP contribution is 2.22. The molecular weight excluding hydrogens is 336 g/mol. The zero-order chi connectivity index (χ0) is 17.5. The molecule has 0 aliphatic carbocycles. The van der Waals surface area contributed by atoms with Crippen LogP contribution in [-0.2, 0) is 11.3 Å². The van der Waals surface area contributed by atoms with E-state index in [0.717, 1.165) is 24.3 Å². The molecule has 0 radical (unpaired) electrons. The first kappa shape index (κ1) is 17.8. The highest BCUT2D eigenvalue weighted by atomic mass is 32.1. The van der Waals surface area contributed by atoms with Gasteiger partial charge in [-0.25, -0.2) is 4.79 Å². The maximum atomic E-state index is 12.9. The minimum absolute atomic E-state index is 0.0653. The molecule has 2 aromatic rings. The van der Waals surface area contributed by atoms with Crippen molar-refractivity contribution < 1.29 is 14.3 Å². The van der Waals surface area contributed by atoms with Gasteiger partial charge in [-0.2, -0.15) is 0 Å². The van der Waals surface area contributed by atoms with E-state index in [0.29, 0.717) is 26.4 Å². The van der Waals surface area contributed by atoms with Crippen LogP contribution in [0.15, 0.2) is 41.8 Å². The number of carbonyl (C=O) groups is 1. The number of carbonyl (C=O) groups excluding carboxylic acids is 1. The van der Waals surface area contributed by atoms with E-state index in [1.807, 2.05) is 47.5 Å². The second kappa shape index (κ2) is 8.87. The van der Waals surface area contributed by atoms with Crippen molar-refractivity contribution in [3.63, 3.8) is 0 Å². The summed E-state index contributed by atoms with van der Waals surface area (Å²) in [7, 11) is 0. The number of anilines is 1. The lowest BCUT2D eigenvalue weighted by Gasteiger charge is -2.34. The first-order valence-corrected chi connectivity index (χ1v) is 9.55. The number of urea groups is 1. The Balaban J connectivity index is 1.69. The molecule has 5 nitrogen and oxygen atoms in total. The molecule has 0 atom stereocenters. The molecule has 1 aromatic heterocycles. The van der Waals surface area contributed by atoms with E-state index in [1.165, 1.54) is 4.88 Å². The average molecular weight is 360 g/mol. The van der Waals surface area contributed by atoms with Crippen LogP contribution in [0.1, 0.15) is 24.6 Å². The Hall–Kier alpha value is -2.05. The van der Waals surface area contributed by atoms with Crippen LogP contribution in [0.2, 0.25) is 0 Å². The third-order valence-corrected chi connectivity index (χ3v) is 5.08. The highest BCUT2D eigenvalue weighted by molar-refractivity contribution is 7.09. The van der Waals surface area contributed by atoms with Gasteiger partial charge in [-0.1, -0.05) is 6.07 Å². The molecule has 134 valence electrons. The Morgan fingerprint density at radius 1 is 1.28 bits per heavy atom. The van der Waals surface area contributed by atoms with Gasteiger partial charge in [-0.05, 0) is 55.5 Å². The van der Waals surface area contributed by atoms with Crippen molar-refractivity contribution in [1.29, 1.82) is 0 Å². The summed E-state index contributed by atoms with van der Waals surface area (Å²) in [5.74, 6) is 0.806. The molecule has 3 rings (SSSR count). The summed E-state index contributed by atoms with van der Waals surface area (Å²) in [6.07, 6.45) is 1.75. The quantitative estimate of drug-likeness (QED) is 0.833. The Morgan fingerprint density at radius 3 is 2.68 bits per heavy atom. The number of nitrogens with one attached hydrogen (secondary N) is 1. The van der Waals surface area contributed by atoms with E-state index < -0.39 is 0 Å². The van der Waals surface area contributed by atoms with Gasteiger partial charge in [-0.3, -0.25) is 0 Å². The number of thiophene rings is 1. The van der Waals surface area contributed by atoms with Crippen molar-refractivity contribution in [2.75, 3.05) is 25.1 Å². The van der Waals surface area contributed by atoms with Crippen LogP contribution in [-0.4, -0.2) is 36.8 Å². The lowest BCUT2D eigenvalue weighted by molar-refractivity contribution is 0.0462. The predicted octanol–water partition coefficient (Wildman–Crippen LogP) is 4.36. The van der Waals surface area contributed by atoms with Crippen LogP contribution in [0.5, 0.6) is 5.75 Å². The van der Waals surface area contributed by atoms with Gasteiger partial charge in [0.15, 0.2) is 0 Å². The van der Waals surface area contributed by atoms with E-state index in [1.54, 1.807) is 11.3 Å². The molecular formula is C19H24N2O3S. The zero-order valence-corrected chi connectivity index (χ0v) is 15.3. The Morgan fingerprint density at radius 2 is 2.04 bits per heavy atom. The molecule has 0 bridgehead atoms. The van der Waals surface area contributed by atoms with Crippen LogP contribution in [0.3, 0.4) is 0 Å². The van der Waals surface area contributed by atoms with Gasteiger partial charge in [0.05, 0.1) is 13.2 Å². The molecule has 1 N–H and O–H groups in total. The predicted molar refractivity (Wildman–Crippen MR) is 100 cm³/mol. The fourth-order valence-corrected chi connectivity index (χ4v) is 3.63. The molecule has 0 unspecified atom stereocenters. The first-order chi connectivity index (χ1) is 12.3. The maximum Gasteiger partial charge on any atom is 0.322 e. The summed E-state index contributed by atoms with van der Waals surface area (Å²) >= 11 is 1.68. The summed E-state index contributed by atoms with van der Waals surface area (Å²) in [6, 6.07) is 11.7. The topological polar surface area (TPSA) is 50.8 Å². The summed E-state index contributed by atoms with van der Waals surface area (Å²) < 4.78 is 10.9. The Kier molecular flexibility index (Phi) is 6.30. The molecule has 2 amide bonds. The zero-order valence-electron chi connectivity index (χ0n) is 14.4. The fraction of sp³-hybridized carbons (Fsp3) is 0.421. The monoisotopic (exact) mass is 360 g/mol. The molecule has 1 aliphatic heterocycles. The number of rotatable bonds is 6. The van der Waals surface area contributed by atoms with Crippen molar-refractivity contribution in [2.24, 2.45) is 0 Å². The van der Waals surface area contributed by atoms with Crippen molar-refractivity contribution in [2.45, 2.75) is 32.4 Å². The molecule has 25 heavy (non-hydrogen) atoms. The van der Waals surface area contributed by atoms with Crippen LogP contribution in [0.4, 0.5) is 10.5 Å². The molecule has 1 aromatic carbocycles. The van der Waals surface area contributed by atoms with Crippen LogP contribution in [0, 0.1) is 0 Å². The van der Waals surface area contributed by atoms with E-state index in [9.17, 15) is 4.79 Å². The highest BCUT2D eigenvalue weighted by Gasteiger charge is 2.26. The van der Waals surface area contributed by atoms with Crippen molar-refractivity contribution in [1.82, 2.24) is 4.90 Å². The molecule has 2 heterocycles. The molecule has 0 saturated carbocycles. The lowest BCUT2D eigenvalue weighted by atomic mass is 10.1. The second-order valence-electron chi connectivity index (χ2n) is 5.94. The van der Waals surface area contributed by atoms with Gasteiger partial charge in [0, 0.05) is 29.8 Å². The van der Waals surface area contributed by atoms with Gasteiger partial charge < -0.3 is 19.7 Å². The fourth-order valence-electron chi connectivity index (χ4n) is 2.93. The van der Waals surface area contributed by atoms with Crippen LogP contribution < -0.4 is 10.1 Å². The average Bonchev–Trinajstić information content (AvgIpc) is 3.15. The third kappa shape index (κ3) is 4.96. The van der Waals surface area contributed by atoms with Crippen molar-refractivity contribution in [3.8, 4) is 5.75 Å². The minimum Gasteiger partial charge on any atom is -0.494 e. The van der Waals surface area contributed by atoms with Gasteiger partial charge in [0.2, 0.25) is 0 Å². The molecule has 1 aliphatic rings. The van der Waals surface area contributed by atoms with Gasteiger partial charge in [0.25, 0.3) is 0 Å². The van der Waals surface area contributed by atoms with E-state index in [4.69, 9.17) is 9.47 Å². The van der Waals surface area contributed by atoms with E-state index >= 15 is 0 Å². The third-order valence-electron chi connectivity index (χ3n) is 4.22. The molecule has 1 saturated heterocycles. The second-order valence-corrected chi connectivity index (χ2v) is 6.97. The number of hydrogen-bond acceptors (Lipinski definition) is 4. The lowest BCUT2D eigenvalue weighted by Crippen LogP contribution is -2.44. The molecule has 6 heteroatoms. The van der Waals surface area contributed by atoms with Crippen molar-refractivity contribution in [3.05, 3.63) is 46.7 Å². The maximum absolute atomic E-state index is 12.9. The molecule has 1 fully saturated rings. The summed E-state index contributed by atoms with van der Waals surface area (Å²) in [5.41, 5.74) is 0.775. The van der Waals surface area contributed by atoms with Gasteiger partial charge in [0.1, 0.15) is 5.75 Å². The number of amides is 2. The summed E-state index contributed by atoms with van der Waals surface area (Å²) in [5, 5.41) is 5.06. The number of nitrogens with zero attached hydrogens (tertiary/aromatic N) is 1. The summed E-state index contributed by atoms with van der Waals surface area (Å²) in [6.45, 7) is 4.63.